The van der Waals surface area contributed by atoms with Crippen LogP contribution in [0, 0.1) is 12.8 Å². The van der Waals surface area contributed by atoms with Crippen molar-refractivity contribution in [3.05, 3.63) is 83.8 Å². The van der Waals surface area contributed by atoms with Gasteiger partial charge in [0.15, 0.2) is 5.82 Å². The van der Waals surface area contributed by atoms with Gasteiger partial charge in [-0.1, -0.05) is 59.8 Å². The van der Waals surface area contributed by atoms with Crippen molar-refractivity contribution in [2.24, 2.45) is 5.92 Å². The van der Waals surface area contributed by atoms with E-state index in [-0.39, 0.29) is 6.04 Å². The highest BCUT2D eigenvalue weighted by Crippen LogP contribution is 2.32. The van der Waals surface area contributed by atoms with Gasteiger partial charge in [-0.3, -0.25) is 4.90 Å². The second kappa shape index (κ2) is 12.9. The summed E-state index contributed by atoms with van der Waals surface area (Å²) in [7, 11) is 0. The first-order chi connectivity index (χ1) is 19.7. The number of hydrogen-bond acceptors (Lipinski definition) is 7. The Hall–Kier alpha value is -3.36. The summed E-state index contributed by atoms with van der Waals surface area (Å²) in [5, 5.41) is 13.1. The summed E-state index contributed by atoms with van der Waals surface area (Å²) in [4.78, 5) is 9.70. The van der Waals surface area contributed by atoms with Gasteiger partial charge in [0.1, 0.15) is 6.33 Å². The number of aromatic nitrogens is 5. The van der Waals surface area contributed by atoms with Gasteiger partial charge in [-0.2, -0.15) is 4.98 Å². The molecule has 0 saturated carbocycles. The van der Waals surface area contributed by atoms with E-state index in [1.807, 2.05) is 13.3 Å². The molecule has 0 spiro atoms. The summed E-state index contributed by atoms with van der Waals surface area (Å²) in [5.74, 6) is 3.11. The Kier molecular flexibility index (Phi) is 8.64. The molecule has 2 aromatic carbocycles. The van der Waals surface area contributed by atoms with Crippen molar-refractivity contribution in [1.29, 1.82) is 0 Å². The van der Waals surface area contributed by atoms with Crippen LogP contribution in [0.15, 0.2) is 65.4 Å². The maximum Gasteiger partial charge on any atom is 0.223 e. The Morgan fingerprint density at radius 3 is 2.58 bits per heavy atom. The molecule has 0 aliphatic carbocycles. The smallest absolute Gasteiger partial charge is 0.223 e. The summed E-state index contributed by atoms with van der Waals surface area (Å²) in [6, 6.07) is 19.5. The maximum absolute atomic E-state index is 5.14. The minimum Gasteiger partial charge on any atom is -0.339 e. The second-order valence-corrected chi connectivity index (χ2v) is 11.5. The molecule has 6 rings (SSSR count). The zero-order valence-electron chi connectivity index (χ0n) is 23.7. The third-order valence-electron chi connectivity index (χ3n) is 8.63. The lowest BCUT2D eigenvalue weighted by molar-refractivity contribution is 0.203. The summed E-state index contributed by atoms with van der Waals surface area (Å²) in [6.45, 7) is 8.77. The highest BCUT2D eigenvalue weighted by molar-refractivity contribution is 5.54. The molecule has 4 heterocycles. The summed E-state index contributed by atoms with van der Waals surface area (Å²) < 4.78 is 7.40. The van der Waals surface area contributed by atoms with Crippen LogP contribution in [0.25, 0.3) is 11.4 Å². The van der Waals surface area contributed by atoms with Crippen molar-refractivity contribution in [1.82, 2.24) is 34.7 Å². The van der Waals surface area contributed by atoms with Crippen molar-refractivity contribution in [2.75, 3.05) is 32.7 Å². The molecule has 4 aromatic rings. The second-order valence-electron chi connectivity index (χ2n) is 11.5. The molecule has 0 amide bonds. The molecule has 2 aromatic heterocycles. The lowest BCUT2D eigenvalue weighted by Crippen LogP contribution is -2.30. The van der Waals surface area contributed by atoms with Crippen LogP contribution in [-0.4, -0.2) is 67.4 Å². The van der Waals surface area contributed by atoms with E-state index in [1.165, 1.54) is 56.4 Å². The molecule has 8 heteroatoms. The van der Waals surface area contributed by atoms with Crippen LogP contribution in [0.2, 0.25) is 0 Å². The van der Waals surface area contributed by atoms with E-state index in [0.29, 0.717) is 11.7 Å². The minimum absolute atomic E-state index is 0.282. The average Bonchev–Trinajstić information content (AvgIpc) is 3.80. The molecule has 2 aliphatic heterocycles. The van der Waals surface area contributed by atoms with Crippen molar-refractivity contribution in [3.63, 3.8) is 0 Å². The van der Waals surface area contributed by atoms with E-state index in [1.54, 1.807) is 0 Å². The normalized spacial score (nSPS) is 19.0. The first kappa shape index (κ1) is 26.8. The third kappa shape index (κ3) is 6.67. The van der Waals surface area contributed by atoms with Crippen LogP contribution in [-0.2, 0) is 13.0 Å². The lowest BCUT2D eigenvalue weighted by atomic mass is 10.0. The van der Waals surface area contributed by atoms with Crippen molar-refractivity contribution < 1.29 is 4.52 Å². The van der Waals surface area contributed by atoms with Crippen LogP contribution >= 0.6 is 0 Å². The van der Waals surface area contributed by atoms with Crippen LogP contribution < -0.4 is 0 Å². The molecule has 2 unspecified atom stereocenters. The minimum atomic E-state index is 0.282. The molecule has 0 bridgehead atoms. The number of benzene rings is 2. The van der Waals surface area contributed by atoms with Crippen LogP contribution in [0.4, 0.5) is 0 Å². The Labute approximate surface area is 237 Å². The summed E-state index contributed by atoms with van der Waals surface area (Å²) >= 11 is 0. The van der Waals surface area contributed by atoms with Crippen molar-refractivity contribution >= 4 is 0 Å². The van der Waals surface area contributed by atoms with Crippen LogP contribution in [0.1, 0.15) is 67.4 Å². The molecule has 2 saturated heterocycles. The Morgan fingerprint density at radius 2 is 1.80 bits per heavy atom. The zero-order chi connectivity index (χ0) is 27.1. The quantitative estimate of drug-likeness (QED) is 0.233. The Balaban J connectivity index is 1.12. The number of aryl methyl sites for hydroxylation is 2. The Morgan fingerprint density at radius 1 is 0.975 bits per heavy atom. The lowest BCUT2D eigenvalue weighted by Gasteiger charge is -2.28. The molecule has 0 N–H and O–H groups in total. The third-order valence-corrected chi connectivity index (χ3v) is 8.63. The van der Waals surface area contributed by atoms with Gasteiger partial charge in [-0.15, -0.1) is 10.2 Å². The molecule has 2 aliphatic rings. The average molecular weight is 540 g/mol. The van der Waals surface area contributed by atoms with Crippen molar-refractivity contribution in [2.45, 2.75) is 64.5 Å². The van der Waals surface area contributed by atoms with Crippen molar-refractivity contribution in [3.8, 4) is 11.4 Å². The van der Waals surface area contributed by atoms with E-state index in [9.17, 15) is 0 Å². The molecule has 0 radical (unpaired) electrons. The van der Waals surface area contributed by atoms with Gasteiger partial charge in [0.05, 0.1) is 12.6 Å². The molecule has 40 heavy (non-hydrogen) atoms. The van der Waals surface area contributed by atoms with Gasteiger partial charge in [-0.05, 0) is 88.2 Å². The van der Waals surface area contributed by atoms with E-state index in [4.69, 9.17) is 9.62 Å². The number of likely N-dealkylation sites (tertiary alicyclic amines) is 2. The van der Waals surface area contributed by atoms with Gasteiger partial charge in [0, 0.05) is 19.0 Å². The highest BCUT2D eigenvalue weighted by Gasteiger charge is 2.32. The summed E-state index contributed by atoms with van der Waals surface area (Å²) in [6.07, 6.45) is 10.4. The van der Waals surface area contributed by atoms with Gasteiger partial charge in [0.25, 0.3) is 0 Å². The molecule has 210 valence electrons. The fraction of sp³-hybridized carbons (Fsp3) is 0.500. The number of nitrogens with zero attached hydrogens (tertiary/aromatic N) is 7. The fourth-order valence-electron chi connectivity index (χ4n) is 6.39. The molecular formula is C32H41N7O. The standard InChI is InChI=1S/C32H41N7O/c1-25-34-31(36-40-25)29-14-12-26(13-15-29)10-7-11-30(32-35-33-24-39(32)23-27-8-3-2-4-9-27)38-21-17-28(22-38)16-20-37-18-5-6-19-37/h2-4,8-9,12-15,24,28,30H,5-7,10-11,16-23H2,1H3. The monoisotopic (exact) mass is 539 g/mol. The molecule has 8 nitrogen and oxygen atoms in total. The van der Waals surface area contributed by atoms with E-state index >= 15 is 0 Å². The van der Waals surface area contributed by atoms with E-state index in [0.717, 1.165) is 56.2 Å². The topological polar surface area (TPSA) is 76.1 Å². The zero-order valence-corrected chi connectivity index (χ0v) is 23.7. The predicted octanol–water partition coefficient (Wildman–Crippen LogP) is 5.56. The fourth-order valence-corrected chi connectivity index (χ4v) is 6.39. The molecule has 2 atom stereocenters. The molecular weight excluding hydrogens is 498 g/mol. The molecule has 2 fully saturated rings. The van der Waals surface area contributed by atoms with Gasteiger partial charge >= 0.3 is 0 Å². The van der Waals surface area contributed by atoms with Gasteiger partial charge in [0.2, 0.25) is 11.7 Å². The highest BCUT2D eigenvalue weighted by atomic mass is 16.5. The van der Waals surface area contributed by atoms with E-state index < -0.39 is 0 Å². The largest absolute Gasteiger partial charge is 0.339 e. The van der Waals surface area contributed by atoms with Crippen LogP contribution in [0.5, 0.6) is 0 Å². The van der Waals surface area contributed by atoms with Gasteiger partial charge in [-0.25, -0.2) is 0 Å². The van der Waals surface area contributed by atoms with E-state index in [2.05, 4.69) is 84.2 Å². The first-order valence-corrected chi connectivity index (χ1v) is 15.0. The maximum atomic E-state index is 5.14. The predicted molar refractivity (Wildman–Crippen MR) is 156 cm³/mol. The number of rotatable bonds is 12. The Bertz CT molecular complexity index is 1330. The SMILES string of the molecule is Cc1nc(-c2ccc(CCCC(c3nncn3Cc3ccccc3)N3CCC(CCN4CCCC4)C3)cc2)no1. The summed E-state index contributed by atoms with van der Waals surface area (Å²) in [5.41, 5.74) is 3.60. The van der Waals surface area contributed by atoms with Crippen LogP contribution in [0.3, 0.4) is 0 Å². The first-order valence-electron chi connectivity index (χ1n) is 15.0. The number of hydrogen-bond donors (Lipinski definition) is 0. The van der Waals surface area contributed by atoms with Gasteiger partial charge < -0.3 is 14.0 Å².